The van der Waals surface area contributed by atoms with Crippen LogP contribution in [0.2, 0.25) is 11.6 Å². The van der Waals surface area contributed by atoms with Crippen molar-refractivity contribution in [1.29, 1.82) is 5.26 Å². The average Bonchev–Trinajstić information content (AvgIpc) is 3.29. The molecule has 1 atom stereocenters. The molecule has 2 heterocycles. The van der Waals surface area contributed by atoms with Gasteiger partial charge in [-0.05, 0) is 54.1 Å². The number of nitriles is 1. The molecule has 0 spiro atoms. The van der Waals surface area contributed by atoms with E-state index in [4.69, 9.17) is 12.6 Å². The van der Waals surface area contributed by atoms with Gasteiger partial charge in [-0.2, -0.15) is 5.26 Å². The first-order chi connectivity index (χ1) is 19.1. The summed E-state index contributed by atoms with van der Waals surface area (Å²) < 4.78 is 54.1. The molecule has 0 aliphatic heterocycles. The Balaban J connectivity index is 1.86. The molecule has 35 heavy (non-hydrogen) atoms. The molecule has 0 saturated heterocycles. The average molecular weight is 481 g/mol. The van der Waals surface area contributed by atoms with Gasteiger partial charge < -0.3 is 4.42 Å². The van der Waals surface area contributed by atoms with Crippen molar-refractivity contribution in [3.63, 3.8) is 0 Å². The fraction of sp³-hybridized carbons (Fsp3) is 0.226. The van der Waals surface area contributed by atoms with Gasteiger partial charge in [-0.1, -0.05) is 75.0 Å². The fourth-order valence-corrected chi connectivity index (χ4v) is 9.06. The molecule has 0 fully saturated rings. The minimum atomic E-state index is -2.64. The first kappa shape index (κ1) is 16.9. The molecular formula is C31H30N2OSi. The molecule has 5 rings (SSSR count). The molecule has 0 radical (unpaired) electrons. The van der Waals surface area contributed by atoms with Crippen molar-refractivity contribution < 1.29 is 12.6 Å². The monoisotopic (exact) mass is 480 g/mol. The number of rotatable bonds is 3. The van der Waals surface area contributed by atoms with E-state index in [-0.39, 0.29) is 16.2 Å². The van der Waals surface area contributed by atoms with Crippen LogP contribution in [-0.4, -0.2) is 13.1 Å². The molecule has 0 saturated carbocycles. The molecular weight excluding hydrogens is 444 g/mol. The Morgan fingerprint density at radius 2 is 1.66 bits per heavy atom. The van der Waals surface area contributed by atoms with E-state index in [1.54, 1.807) is 6.07 Å². The predicted molar refractivity (Wildman–Crippen MR) is 148 cm³/mol. The predicted octanol–water partition coefficient (Wildman–Crippen LogP) is 7.13. The van der Waals surface area contributed by atoms with Gasteiger partial charge in [0.15, 0.2) is 0 Å². The van der Waals surface area contributed by atoms with Crippen LogP contribution in [0.4, 0.5) is 0 Å². The van der Waals surface area contributed by atoms with Gasteiger partial charge in [-0.3, -0.25) is 4.98 Å². The molecule has 1 unspecified atom stereocenters. The summed E-state index contributed by atoms with van der Waals surface area (Å²) in [5.74, 6) is 0. The van der Waals surface area contributed by atoms with Crippen molar-refractivity contribution in [2.75, 3.05) is 0 Å². The highest BCUT2D eigenvalue weighted by Gasteiger charge is 2.46. The highest BCUT2D eigenvalue weighted by atomic mass is 28.3. The molecule has 4 heteroatoms. The number of hydrogen-bond acceptors (Lipinski definition) is 3. The summed E-state index contributed by atoms with van der Waals surface area (Å²) in [4.78, 5) is 4.39. The van der Waals surface area contributed by atoms with Gasteiger partial charge in [0.2, 0.25) is 0 Å². The number of aromatic nitrogens is 1. The third-order valence-electron chi connectivity index (χ3n) is 7.32. The van der Waals surface area contributed by atoms with Gasteiger partial charge in [0, 0.05) is 35.9 Å². The Morgan fingerprint density at radius 3 is 2.34 bits per heavy atom. The standard InChI is InChI=1S/C31H30N2OSi/c1-20-17-27(33-19-21(20)2)26-14-10-13-24-25-16-15-22(18-32)30(29(25)34-28(24)26)35(6,31(3,4)5)23-11-8-7-9-12-23/h7-17,19H,1-6H3/i1D3,2D3. The lowest BCUT2D eigenvalue weighted by atomic mass is 10.0. The van der Waals surface area contributed by atoms with Gasteiger partial charge in [0.1, 0.15) is 19.2 Å². The lowest BCUT2D eigenvalue weighted by molar-refractivity contribution is 0.670. The van der Waals surface area contributed by atoms with E-state index in [1.807, 2.05) is 42.5 Å². The second kappa shape index (κ2) is 8.22. The SMILES string of the molecule is [2H]C([2H])([2H])c1cnc(-c2cccc3c2oc2c([Si](C)(c4ccccc4)C(C)(C)C)c(C#N)ccc23)cc1C([2H])([2H])[2H]. The number of furan rings is 1. The Morgan fingerprint density at radius 1 is 0.914 bits per heavy atom. The topological polar surface area (TPSA) is 49.8 Å². The van der Waals surface area contributed by atoms with E-state index in [0.717, 1.165) is 22.2 Å². The number of nitrogens with zero attached hydrogens (tertiary/aromatic N) is 2. The molecule has 0 aliphatic carbocycles. The van der Waals surface area contributed by atoms with Gasteiger partial charge >= 0.3 is 0 Å². The molecule has 0 aliphatic rings. The molecule has 0 amide bonds. The lowest BCUT2D eigenvalue weighted by Gasteiger charge is -2.41. The number of aryl methyl sites for hydroxylation is 2. The van der Waals surface area contributed by atoms with Crippen LogP contribution in [-0.2, 0) is 0 Å². The van der Waals surface area contributed by atoms with Crippen LogP contribution in [0.25, 0.3) is 33.2 Å². The fourth-order valence-electron chi connectivity index (χ4n) is 4.98. The minimum Gasteiger partial charge on any atom is -0.455 e. The van der Waals surface area contributed by atoms with Crippen molar-refractivity contribution in [3.8, 4) is 17.3 Å². The van der Waals surface area contributed by atoms with Crippen LogP contribution in [0.15, 0.2) is 77.3 Å². The van der Waals surface area contributed by atoms with Crippen molar-refractivity contribution in [1.82, 2.24) is 4.98 Å². The third kappa shape index (κ3) is 3.50. The number of para-hydroxylation sites is 1. The smallest absolute Gasteiger partial charge is 0.144 e. The maximum atomic E-state index is 10.3. The third-order valence-corrected chi connectivity index (χ3v) is 13.3. The minimum absolute atomic E-state index is 0.183. The lowest BCUT2D eigenvalue weighted by Crippen LogP contribution is -2.62. The van der Waals surface area contributed by atoms with E-state index in [2.05, 4.69) is 50.5 Å². The van der Waals surface area contributed by atoms with Gasteiger partial charge in [0.05, 0.1) is 17.3 Å². The molecule has 5 aromatic rings. The normalized spacial score (nSPS) is 16.9. The van der Waals surface area contributed by atoms with Crippen LogP contribution in [0, 0.1) is 25.0 Å². The molecule has 3 nitrogen and oxygen atoms in total. The highest BCUT2D eigenvalue weighted by molar-refractivity contribution is 7.04. The van der Waals surface area contributed by atoms with Crippen LogP contribution >= 0.6 is 0 Å². The first-order valence-electron chi connectivity index (χ1n) is 14.5. The van der Waals surface area contributed by atoms with E-state index in [9.17, 15) is 5.26 Å². The number of benzene rings is 3. The first-order valence-corrected chi connectivity index (χ1v) is 14.0. The van der Waals surface area contributed by atoms with E-state index >= 15 is 0 Å². The Kier molecular flexibility index (Phi) is 3.96. The zero-order chi connectivity index (χ0) is 30.0. The van der Waals surface area contributed by atoms with Crippen LogP contribution in [0.1, 0.15) is 45.7 Å². The van der Waals surface area contributed by atoms with Gasteiger partial charge in [0.25, 0.3) is 0 Å². The van der Waals surface area contributed by atoms with E-state index in [0.29, 0.717) is 28.0 Å². The highest BCUT2D eigenvalue weighted by Crippen LogP contribution is 2.41. The zero-order valence-corrected chi connectivity index (χ0v) is 21.2. The van der Waals surface area contributed by atoms with Crippen molar-refractivity contribution >= 4 is 40.4 Å². The number of fused-ring (bicyclic) bond motifs is 3. The number of hydrogen-bond donors (Lipinski definition) is 0. The molecule has 2 aromatic heterocycles. The van der Waals surface area contributed by atoms with Crippen LogP contribution in [0.5, 0.6) is 0 Å². The second-order valence-electron chi connectivity index (χ2n) is 10.1. The van der Waals surface area contributed by atoms with Gasteiger partial charge in [-0.25, -0.2) is 0 Å². The van der Waals surface area contributed by atoms with E-state index < -0.39 is 21.8 Å². The van der Waals surface area contributed by atoms with Crippen molar-refractivity contribution in [3.05, 3.63) is 89.6 Å². The molecule has 0 N–H and O–H groups in total. The summed E-state index contributed by atoms with van der Waals surface area (Å²) in [6.45, 7) is 3.60. The zero-order valence-electron chi connectivity index (χ0n) is 26.2. The second-order valence-corrected chi connectivity index (χ2v) is 14.9. The Bertz CT molecular complexity index is 1830. The summed E-state index contributed by atoms with van der Waals surface area (Å²) in [5.41, 5.74) is 1.99. The summed E-state index contributed by atoms with van der Waals surface area (Å²) >= 11 is 0. The number of pyridine rings is 1. The molecule has 0 bridgehead atoms. The van der Waals surface area contributed by atoms with Crippen molar-refractivity contribution in [2.24, 2.45) is 0 Å². The Labute approximate surface area is 216 Å². The largest absolute Gasteiger partial charge is 0.455 e. The quantitative estimate of drug-likeness (QED) is 0.258. The van der Waals surface area contributed by atoms with Crippen LogP contribution < -0.4 is 10.4 Å². The van der Waals surface area contributed by atoms with Crippen molar-refractivity contribution in [2.45, 2.75) is 46.1 Å². The van der Waals surface area contributed by atoms with Gasteiger partial charge in [-0.15, -0.1) is 0 Å². The summed E-state index contributed by atoms with van der Waals surface area (Å²) in [6.07, 6.45) is 1.13. The maximum absolute atomic E-state index is 10.3. The molecule has 174 valence electrons. The molecule has 3 aromatic carbocycles. The Hall–Kier alpha value is -3.68. The summed E-state index contributed by atoms with van der Waals surface area (Å²) in [7, 11) is -2.62. The summed E-state index contributed by atoms with van der Waals surface area (Å²) in [5, 5.41) is 13.8. The summed E-state index contributed by atoms with van der Waals surface area (Å²) in [6, 6.07) is 23.3. The van der Waals surface area contributed by atoms with E-state index in [1.165, 1.54) is 11.3 Å². The maximum Gasteiger partial charge on any atom is 0.144 e. The van der Waals surface area contributed by atoms with Crippen LogP contribution in [0.3, 0.4) is 0 Å².